The molecule has 0 atom stereocenters. The molecule has 0 heterocycles. The minimum absolute atomic E-state index is 0.00570. The van der Waals surface area contributed by atoms with Crippen LogP contribution in [0, 0.1) is 0 Å². The second kappa shape index (κ2) is 9.25. The quantitative estimate of drug-likeness (QED) is 0.775. The number of hydrogen-bond acceptors (Lipinski definition) is 3. The molecule has 0 radical (unpaired) electrons. The van der Waals surface area contributed by atoms with Gasteiger partial charge in [0.15, 0.2) is 0 Å². The molecule has 0 aromatic heterocycles. The van der Waals surface area contributed by atoms with Crippen LogP contribution in [0.3, 0.4) is 0 Å². The molecule has 5 nitrogen and oxygen atoms in total. The number of para-hydroxylation sites is 2. The standard InChI is InChI=1S/C20H23ClN2O3/c1-14(2)26-19-7-5-4-6-18(19)22-20(25)12-13-23(15(3)24)17-10-8-16(21)9-11-17/h4-11,14H,12-13H2,1-3H3,(H,22,25). The van der Waals surface area contributed by atoms with E-state index in [1.807, 2.05) is 32.0 Å². The van der Waals surface area contributed by atoms with Gasteiger partial charge in [-0.2, -0.15) is 0 Å². The number of carbonyl (C=O) groups is 2. The Morgan fingerprint density at radius 1 is 1.12 bits per heavy atom. The maximum atomic E-state index is 12.3. The topological polar surface area (TPSA) is 58.6 Å². The van der Waals surface area contributed by atoms with Crippen LogP contribution >= 0.6 is 11.6 Å². The smallest absolute Gasteiger partial charge is 0.226 e. The lowest BCUT2D eigenvalue weighted by atomic mass is 10.2. The summed E-state index contributed by atoms with van der Waals surface area (Å²) in [6, 6.07) is 14.2. The van der Waals surface area contributed by atoms with E-state index in [9.17, 15) is 9.59 Å². The molecule has 2 aromatic rings. The van der Waals surface area contributed by atoms with Gasteiger partial charge in [-0.15, -0.1) is 0 Å². The maximum absolute atomic E-state index is 12.3. The zero-order chi connectivity index (χ0) is 19.1. The van der Waals surface area contributed by atoms with Crippen molar-refractivity contribution in [1.82, 2.24) is 0 Å². The van der Waals surface area contributed by atoms with Crippen LogP contribution in [0.2, 0.25) is 5.02 Å². The highest BCUT2D eigenvalue weighted by molar-refractivity contribution is 6.30. The summed E-state index contributed by atoms with van der Waals surface area (Å²) in [7, 11) is 0. The van der Waals surface area contributed by atoms with Gasteiger partial charge in [0, 0.05) is 30.6 Å². The highest BCUT2D eigenvalue weighted by Crippen LogP contribution is 2.25. The van der Waals surface area contributed by atoms with E-state index >= 15 is 0 Å². The number of nitrogens with zero attached hydrogens (tertiary/aromatic N) is 1. The molecule has 6 heteroatoms. The molecule has 0 unspecified atom stereocenters. The molecule has 2 aromatic carbocycles. The van der Waals surface area contributed by atoms with Crippen molar-refractivity contribution in [3.05, 3.63) is 53.6 Å². The van der Waals surface area contributed by atoms with Crippen molar-refractivity contribution in [3.63, 3.8) is 0 Å². The number of nitrogens with one attached hydrogen (secondary N) is 1. The van der Waals surface area contributed by atoms with Crippen LogP contribution in [0.5, 0.6) is 5.75 Å². The summed E-state index contributed by atoms with van der Waals surface area (Å²) in [6.45, 7) is 5.60. The average Bonchev–Trinajstić information content (AvgIpc) is 2.57. The van der Waals surface area contributed by atoms with Gasteiger partial charge >= 0.3 is 0 Å². The lowest BCUT2D eigenvalue weighted by molar-refractivity contribution is -0.117. The lowest BCUT2D eigenvalue weighted by Crippen LogP contribution is -2.32. The van der Waals surface area contributed by atoms with Crippen molar-refractivity contribution in [2.75, 3.05) is 16.8 Å². The summed E-state index contributed by atoms with van der Waals surface area (Å²) in [4.78, 5) is 25.8. The Morgan fingerprint density at radius 3 is 2.38 bits per heavy atom. The molecule has 138 valence electrons. The van der Waals surface area contributed by atoms with Crippen LogP contribution in [-0.2, 0) is 9.59 Å². The minimum atomic E-state index is -0.190. The van der Waals surface area contributed by atoms with Crippen molar-refractivity contribution in [2.45, 2.75) is 33.3 Å². The molecule has 0 spiro atoms. The molecule has 0 saturated carbocycles. The molecule has 0 bridgehead atoms. The van der Waals surface area contributed by atoms with Gasteiger partial charge < -0.3 is 15.0 Å². The zero-order valence-corrected chi connectivity index (χ0v) is 15.9. The molecule has 0 aliphatic rings. The van der Waals surface area contributed by atoms with Gasteiger partial charge in [0.1, 0.15) is 5.75 Å². The number of halogens is 1. The fraction of sp³-hybridized carbons (Fsp3) is 0.300. The molecule has 1 N–H and O–H groups in total. The van der Waals surface area contributed by atoms with Crippen LogP contribution in [0.4, 0.5) is 11.4 Å². The molecule has 0 fully saturated rings. The van der Waals surface area contributed by atoms with E-state index in [0.717, 1.165) is 0 Å². The molecule has 2 rings (SSSR count). The zero-order valence-electron chi connectivity index (χ0n) is 15.2. The number of anilines is 2. The van der Waals surface area contributed by atoms with E-state index < -0.39 is 0 Å². The average molecular weight is 375 g/mol. The third kappa shape index (κ3) is 5.77. The first-order chi connectivity index (χ1) is 12.4. The number of ether oxygens (including phenoxy) is 1. The van der Waals surface area contributed by atoms with E-state index in [1.54, 1.807) is 35.2 Å². The summed E-state index contributed by atoms with van der Waals surface area (Å²) in [5.41, 5.74) is 1.32. The van der Waals surface area contributed by atoms with E-state index in [2.05, 4.69) is 5.32 Å². The van der Waals surface area contributed by atoms with Crippen molar-refractivity contribution >= 4 is 34.8 Å². The second-order valence-electron chi connectivity index (χ2n) is 6.11. The summed E-state index contributed by atoms with van der Waals surface area (Å²) in [5.74, 6) is 0.297. The molecule has 2 amide bonds. The Morgan fingerprint density at radius 2 is 1.77 bits per heavy atom. The lowest BCUT2D eigenvalue weighted by Gasteiger charge is -2.21. The first kappa shape index (κ1) is 19.8. The van der Waals surface area contributed by atoms with Gasteiger partial charge in [-0.05, 0) is 50.2 Å². The maximum Gasteiger partial charge on any atom is 0.226 e. The molecular weight excluding hydrogens is 352 g/mol. The number of rotatable bonds is 7. The van der Waals surface area contributed by atoms with Gasteiger partial charge in [-0.25, -0.2) is 0 Å². The number of hydrogen-bond donors (Lipinski definition) is 1. The van der Waals surface area contributed by atoms with Gasteiger partial charge in [-0.3, -0.25) is 9.59 Å². The summed E-state index contributed by atoms with van der Waals surface area (Å²) >= 11 is 5.89. The van der Waals surface area contributed by atoms with E-state index in [-0.39, 0.29) is 30.9 Å². The molecule has 0 saturated heterocycles. The van der Waals surface area contributed by atoms with Crippen LogP contribution in [0.15, 0.2) is 48.5 Å². The number of carbonyl (C=O) groups excluding carboxylic acids is 2. The third-order valence-electron chi connectivity index (χ3n) is 3.60. The number of amides is 2. The van der Waals surface area contributed by atoms with E-state index in [0.29, 0.717) is 22.1 Å². The Labute approximate surface area is 158 Å². The highest BCUT2D eigenvalue weighted by atomic mass is 35.5. The van der Waals surface area contributed by atoms with Crippen molar-refractivity contribution < 1.29 is 14.3 Å². The Bertz CT molecular complexity index is 760. The highest BCUT2D eigenvalue weighted by Gasteiger charge is 2.15. The van der Waals surface area contributed by atoms with Crippen LogP contribution < -0.4 is 15.0 Å². The predicted molar refractivity (Wildman–Crippen MR) is 105 cm³/mol. The first-order valence-corrected chi connectivity index (χ1v) is 8.84. The Kier molecular flexibility index (Phi) is 7.04. The Hall–Kier alpha value is -2.53. The van der Waals surface area contributed by atoms with Gasteiger partial charge in [0.25, 0.3) is 0 Å². The van der Waals surface area contributed by atoms with E-state index in [4.69, 9.17) is 16.3 Å². The largest absolute Gasteiger partial charge is 0.489 e. The van der Waals surface area contributed by atoms with Gasteiger partial charge in [-0.1, -0.05) is 23.7 Å². The summed E-state index contributed by atoms with van der Waals surface area (Å²) < 4.78 is 5.70. The normalized spacial score (nSPS) is 10.5. The monoisotopic (exact) mass is 374 g/mol. The minimum Gasteiger partial charge on any atom is -0.489 e. The van der Waals surface area contributed by atoms with Crippen LogP contribution in [0.25, 0.3) is 0 Å². The fourth-order valence-corrected chi connectivity index (χ4v) is 2.57. The Balaban J connectivity index is 2.01. The summed E-state index contributed by atoms with van der Waals surface area (Å²) in [5, 5.41) is 3.44. The van der Waals surface area contributed by atoms with Crippen molar-refractivity contribution in [1.29, 1.82) is 0 Å². The van der Waals surface area contributed by atoms with Crippen molar-refractivity contribution in [2.24, 2.45) is 0 Å². The van der Waals surface area contributed by atoms with Gasteiger partial charge in [0.05, 0.1) is 11.8 Å². The first-order valence-electron chi connectivity index (χ1n) is 8.46. The SMILES string of the molecule is CC(=O)N(CCC(=O)Nc1ccccc1OC(C)C)c1ccc(Cl)cc1. The van der Waals surface area contributed by atoms with E-state index in [1.165, 1.54) is 6.92 Å². The van der Waals surface area contributed by atoms with Gasteiger partial charge in [0.2, 0.25) is 11.8 Å². The molecule has 26 heavy (non-hydrogen) atoms. The van der Waals surface area contributed by atoms with Crippen molar-refractivity contribution in [3.8, 4) is 5.75 Å². The predicted octanol–water partition coefficient (Wildman–Crippen LogP) is 4.51. The molecular formula is C20H23ClN2O3. The second-order valence-corrected chi connectivity index (χ2v) is 6.54. The summed E-state index contributed by atoms with van der Waals surface area (Å²) in [6.07, 6.45) is 0.171. The molecule has 0 aliphatic carbocycles. The van der Waals surface area contributed by atoms with Crippen LogP contribution in [0.1, 0.15) is 27.2 Å². The van der Waals surface area contributed by atoms with Crippen LogP contribution in [-0.4, -0.2) is 24.5 Å². The third-order valence-corrected chi connectivity index (χ3v) is 3.86. The fourth-order valence-electron chi connectivity index (χ4n) is 2.44. The number of benzene rings is 2. The molecule has 0 aliphatic heterocycles.